The maximum Gasteiger partial charge on any atom is 0.190 e. The predicted octanol–water partition coefficient (Wildman–Crippen LogP) is 1.32. The molecule has 0 aromatic heterocycles. The molecule has 0 N–H and O–H groups in total. The van der Waals surface area contributed by atoms with Crippen LogP contribution in [0.3, 0.4) is 0 Å². The van der Waals surface area contributed by atoms with E-state index in [9.17, 15) is 4.39 Å². The lowest BCUT2D eigenvalue weighted by Gasteiger charge is -2.21. The van der Waals surface area contributed by atoms with Crippen LogP contribution in [0.25, 0.3) is 0 Å². The SMILES string of the molecule is CC1(C)O[C@H]2O[C@@H]([C@H]3CS3)[C@H](F)[C@H]2O1. The van der Waals surface area contributed by atoms with Crippen LogP contribution < -0.4 is 0 Å². The smallest absolute Gasteiger partial charge is 0.190 e. The summed E-state index contributed by atoms with van der Waals surface area (Å²) in [7, 11) is 0. The van der Waals surface area contributed by atoms with Crippen LogP contribution in [0.5, 0.6) is 0 Å². The molecular weight excluding hydrogens is 207 g/mol. The molecule has 3 nitrogen and oxygen atoms in total. The minimum absolute atomic E-state index is 0.311. The van der Waals surface area contributed by atoms with E-state index in [1.54, 1.807) is 25.6 Å². The van der Waals surface area contributed by atoms with E-state index < -0.39 is 24.4 Å². The molecule has 0 spiro atoms. The number of thioether (sulfide) groups is 1. The van der Waals surface area contributed by atoms with Crippen molar-refractivity contribution in [2.45, 2.75) is 49.6 Å². The van der Waals surface area contributed by atoms with Gasteiger partial charge >= 0.3 is 0 Å². The van der Waals surface area contributed by atoms with Gasteiger partial charge in [-0.05, 0) is 13.8 Å². The molecule has 0 aromatic rings. The van der Waals surface area contributed by atoms with Crippen molar-refractivity contribution >= 4 is 11.8 Å². The van der Waals surface area contributed by atoms with Crippen LogP contribution in [0.15, 0.2) is 0 Å². The average Bonchev–Trinajstić information content (AvgIpc) is 2.81. The van der Waals surface area contributed by atoms with Crippen LogP contribution in [0, 0.1) is 0 Å². The topological polar surface area (TPSA) is 27.7 Å². The van der Waals surface area contributed by atoms with Gasteiger partial charge in [0.05, 0.1) is 0 Å². The lowest BCUT2D eigenvalue weighted by molar-refractivity contribution is -0.209. The molecular formula is C9H13FO3S. The van der Waals surface area contributed by atoms with Gasteiger partial charge in [0, 0.05) is 11.0 Å². The van der Waals surface area contributed by atoms with Gasteiger partial charge in [-0.3, -0.25) is 0 Å². The zero-order chi connectivity index (χ0) is 9.92. The highest BCUT2D eigenvalue weighted by Gasteiger charge is 2.58. The van der Waals surface area contributed by atoms with Crippen molar-refractivity contribution in [1.29, 1.82) is 0 Å². The molecule has 0 amide bonds. The summed E-state index contributed by atoms with van der Waals surface area (Å²) < 4.78 is 30.3. The van der Waals surface area contributed by atoms with Gasteiger partial charge in [0.15, 0.2) is 18.2 Å². The summed E-state index contributed by atoms with van der Waals surface area (Å²) >= 11 is 1.73. The third kappa shape index (κ3) is 1.38. The first kappa shape index (κ1) is 9.39. The van der Waals surface area contributed by atoms with E-state index in [1.165, 1.54) is 0 Å². The van der Waals surface area contributed by atoms with Gasteiger partial charge in [-0.2, -0.15) is 11.8 Å². The van der Waals surface area contributed by atoms with Gasteiger partial charge < -0.3 is 14.2 Å². The number of halogens is 1. The number of rotatable bonds is 1. The molecule has 0 aromatic carbocycles. The third-order valence-electron chi connectivity index (χ3n) is 2.73. The highest BCUT2D eigenvalue weighted by Crippen LogP contribution is 2.46. The van der Waals surface area contributed by atoms with Crippen LogP contribution in [0.1, 0.15) is 13.8 Å². The first-order valence-corrected chi connectivity index (χ1v) is 5.88. The molecule has 0 saturated carbocycles. The Hall–Kier alpha value is 0.160. The summed E-state index contributed by atoms with van der Waals surface area (Å²) in [5.74, 6) is 0.287. The highest BCUT2D eigenvalue weighted by molar-refractivity contribution is 8.06. The van der Waals surface area contributed by atoms with E-state index >= 15 is 0 Å². The molecule has 3 aliphatic heterocycles. The second-order valence-electron chi connectivity index (χ2n) is 4.39. The van der Waals surface area contributed by atoms with Crippen molar-refractivity contribution < 1.29 is 18.6 Å². The zero-order valence-electron chi connectivity index (χ0n) is 8.10. The van der Waals surface area contributed by atoms with Crippen molar-refractivity contribution in [2.75, 3.05) is 5.75 Å². The van der Waals surface area contributed by atoms with Gasteiger partial charge in [-0.15, -0.1) is 0 Å². The van der Waals surface area contributed by atoms with E-state index in [2.05, 4.69) is 0 Å². The second kappa shape index (κ2) is 2.84. The predicted molar refractivity (Wildman–Crippen MR) is 49.8 cm³/mol. The minimum Gasteiger partial charge on any atom is -0.342 e. The molecule has 3 rings (SSSR count). The average molecular weight is 220 g/mol. The summed E-state index contributed by atoms with van der Waals surface area (Å²) in [6.45, 7) is 3.56. The van der Waals surface area contributed by atoms with Crippen molar-refractivity contribution in [3.63, 3.8) is 0 Å². The Labute approximate surface area is 86.3 Å². The van der Waals surface area contributed by atoms with Crippen molar-refractivity contribution in [3.05, 3.63) is 0 Å². The van der Waals surface area contributed by atoms with Crippen LogP contribution in [0.4, 0.5) is 4.39 Å². The maximum atomic E-state index is 13.8. The van der Waals surface area contributed by atoms with Crippen molar-refractivity contribution in [1.82, 2.24) is 0 Å². The first-order valence-electron chi connectivity index (χ1n) is 4.84. The fourth-order valence-electron chi connectivity index (χ4n) is 2.03. The Morgan fingerprint density at radius 3 is 2.57 bits per heavy atom. The molecule has 80 valence electrons. The number of hydrogen-bond donors (Lipinski definition) is 0. The first-order chi connectivity index (χ1) is 6.57. The Morgan fingerprint density at radius 1 is 1.29 bits per heavy atom. The van der Waals surface area contributed by atoms with Crippen molar-refractivity contribution in [3.8, 4) is 0 Å². The summed E-state index contributed by atoms with van der Waals surface area (Å²) in [5, 5.41) is 0.311. The standard InChI is InChI=1S/C9H13FO3S/c1-9(2)12-7-5(10)6(4-3-14-4)11-8(7)13-9/h4-8H,3H2,1-2H3/t4-,5+,6+,7-,8-/m1/s1. The Bertz CT molecular complexity index is 254. The summed E-state index contributed by atoms with van der Waals surface area (Å²) in [4.78, 5) is 0. The van der Waals surface area contributed by atoms with E-state index in [0.29, 0.717) is 5.25 Å². The van der Waals surface area contributed by atoms with Gasteiger partial charge in [0.2, 0.25) is 0 Å². The van der Waals surface area contributed by atoms with Gasteiger partial charge in [0.25, 0.3) is 0 Å². The molecule has 3 fully saturated rings. The molecule has 0 unspecified atom stereocenters. The maximum absolute atomic E-state index is 13.8. The number of ether oxygens (including phenoxy) is 3. The second-order valence-corrected chi connectivity index (χ2v) is 5.66. The molecule has 3 heterocycles. The Balaban J connectivity index is 1.74. The molecule has 14 heavy (non-hydrogen) atoms. The molecule has 5 heteroatoms. The Kier molecular flexibility index (Phi) is 1.91. The lowest BCUT2D eigenvalue weighted by Crippen LogP contribution is -2.33. The van der Waals surface area contributed by atoms with Crippen LogP contribution in [-0.2, 0) is 14.2 Å². The molecule has 5 atom stereocenters. The highest BCUT2D eigenvalue weighted by atomic mass is 32.2. The summed E-state index contributed by atoms with van der Waals surface area (Å²) in [6, 6.07) is 0. The zero-order valence-corrected chi connectivity index (χ0v) is 8.92. The van der Waals surface area contributed by atoms with E-state index in [4.69, 9.17) is 14.2 Å². The molecule has 0 radical (unpaired) electrons. The molecule has 3 saturated heterocycles. The van der Waals surface area contributed by atoms with E-state index in [-0.39, 0.29) is 6.10 Å². The monoisotopic (exact) mass is 220 g/mol. The number of alkyl halides is 1. The van der Waals surface area contributed by atoms with Crippen LogP contribution >= 0.6 is 11.8 Å². The van der Waals surface area contributed by atoms with Crippen molar-refractivity contribution in [2.24, 2.45) is 0 Å². The lowest BCUT2D eigenvalue weighted by atomic mass is 10.1. The number of fused-ring (bicyclic) bond motifs is 1. The fourth-order valence-corrected chi connectivity index (χ4v) is 2.74. The van der Waals surface area contributed by atoms with Crippen LogP contribution in [-0.4, -0.2) is 41.5 Å². The molecule has 0 bridgehead atoms. The Morgan fingerprint density at radius 2 is 2.00 bits per heavy atom. The largest absolute Gasteiger partial charge is 0.342 e. The van der Waals surface area contributed by atoms with Gasteiger partial charge in [0.1, 0.15) is 12.2 Å². The molecule has 3 aliphatic rings. The van der Waals surface area contributed by atoms with E-state index in [1.807, 2.05) is 0 Å². The third-order valence-corrected chi connectivity index (χ3v) is 3.72. The number of hydrogen-bond acceptors (Lipinski definition) is 4. The molecule has 0 aliphatic carbocycles. The fraction of sp³-hybridized carbons (Fsp3) is 1.00. The summed E-state index contributed by atoms with van der Waals surface area (Å²) in [6.07, 6.45) is -2.41. The minimum atomic E-state index is -1.04. The normalized spacial score (nSPS) is 54.6. The summed E-state index contributed by atoms with van der Waals surface area (Å²) in [5.41, 5.74) is 0. The van der Waals surface area contributed by atoms with Crippen LogP contribution in [0.2, 0.25) is 0 Å². The van der Waals surface area contributed by atoms with Gasteiger partial charge in [-0.25, -0.2) is 4.39 Å². The van der Waals surface area contributed by atoms with E-state index in [0.717, 1.165) is 5.75 Å². The van der Waals surface area contributed by atoms with Gasteiger partial charge in [-0.1, -0.05) is 0 Å². The quantitative estimate of drug-likeness (QED) is 0.623.